The van der Waals surface area contributed by atoms with Crippen LogP contribution in [-0.4, -0.2) is 48.0 Å². The molecule has 1 aliphatic rings. The number of nitrogens with one attached hydrogen (secondary N) is 1. The quantitative estimate of drug-likeness (QED) is 0.786. The van der Waals surface area contributed by atoms with Crippen LogP contribution in [-0.2, 0) is 14.3 Å². The molecular weight excluding hydrogens is 286 g/mol. The summed E-state index contributed by atoms with van der Waals surface area (Å²) in [6.07, 6.45) is -0.311. The summed E-state index contributed by atoms with van der Waals surface area (Å²) in [5, 5.41) is 2.71. The van der Waals surface area contributed by atoms with Crippen molar-refractivity contribution in [2.75, 3.05) is 19.6 Å². The summed E-state index contributed by atoms with van der Waals surface area (Å²) < 4.78 is 5.18. The molecule has 0 bridgehead atoms. The van der Waals surface area contributed by atoms with Gasteiger partial charge in [-0.15, -0.1) is 0 Å². The number of nitrogens with zero attached hydrogens (tertiary/aromatic N) is 1. The smallest absolute Gasteiger partial charge is 0.407 e. The van der Waals surface area contributed by atoms with Gasteiger partial charge in [0.2, 0.25) is 11.8 Å². The number of hydrogen-bond donors (Lipinski definition) is 2. The molecule has 1 saturated heterocycles. The fourth-order valence-corrected chi connectivity index (χ4v) is 2.31. The highest BCUT2D eigenvalue weighted by molar-refractivity contribution is 5.88. The Balaban J connectivity index is 2.49. The van der Waals surface area contributed by atoms with Crippen LogP contribution in [0.25, 0.3) is 0 Å². The Labute approximate surface area is 131 Å². The minimum Gasteiger partial charge on any atom is -0.444 e. The van der Waals surface area contributed by atoms with E-state index in [-0.39, 0.29) is 17.7 Å². The van der Waals surface area contributed by atoms with Crippen LogP contribution in [0.2, 0.25) is 0 Å². The van der Waals surface area contributed by atoms with Gasteiger partial charge in [-0.2, -0.15) is 0 Å². The van der Waals surface area contributed by atoms with Crippen LogP contribution in [0.4, 0.5) is 4.79 Å². The van der Waals surface area contributed by atoms with Crippen LogP contribution in [0.1, 0.15) is 41.0 Å². The van der Waals surface area contributed by atoms with Crippen LogP contribution in [0, 0.1) is 11.3 Å². The predicted octanol–water partition coefficient (Wildman–Crippen LogP) is 0.871. The van der Waals surface area contributed by atoms with Crippen molar-refractivity contribution in [3.05, 3.63) is 0 Å². The molecule has 1 rings (SSSR count). The molecule has 0 saturated carbocycles. The molecular formula is C15H27N3O4. The lowest BCUT2D eigenvalue weighted by molar-refractivity contribution is -0.129. The van der Waals surface area contributed by atoms with Gasteiger partial charge in [0.15, 0.2) is 0 Å². The van der Waals surface area contributed by atoms with Crippen molar-refractivity contribution >= 4 is 17.9 Å². The zero-order valence-corrected chi connectivity index (χ0v) is 14.1. The van der Waals surface area contributed by atoms with Crippen LogP contribution in [0.15, 0.2) is 0 Å². The molecule has 3 amide bonds. The maximum atomic E-state index is 11.9. The Morgan fingerprint density at radius 3 is 2.36 bits per heavy atom. The van der Waals surface area contributed by atoms with Gasteiger partial charge in [0.1, 0.15) is 5.60 Å². The standard InChI is InChI=1S/C15H27N3O4/c1-14(2,3)22-13(21)17-8-15(4,5)9-18-7-10(12(16)20)6-11(18)19/h10H,6-9H2,1-5H3,(H2,16,20)(H,17,21). The molecule has 0 radical (unpaired) electrons. The summed E-state index contributed by atoms with van der Waals surface area (Å²) in [5.41, 5.74) is 4.37. The number of carbonyl (C=O) groups excluding carboxylic acids is 3. The van der Waals surface area contributed by atoms with Crippen molar-refractivity contribution < 1.29 is 19.1 Å². The molecule has 0 spiro atoms. The number of likely N-dealkylation sites (tertiary alicyclic amines) is 1. The minimum absolute atomic E-state index is 0.0749. The monoisotopic (exact) mass is 313 g/mol. The van der Waals surface area contributed by atoms with Crippen LogP contribution >= 0.6 is 0 Å². The molecule has 7 nitrogen and oxygen atoms in total. The lowest BCUT2D eigenvalue weighted by atomic mass is 9.93. The molecule has 22 heavy (non-hydrogen) atoms. The topological polar surface area (TPSA) is 102 Å². The predicted molar refractivity (Wildman–Crippen MR) is 81.9 cm³/mol. The first-order valence-corrected chi connectivity index (χ1v) is 7.43. The Hall–Kier alpha value is -1.79. The van der Waals surface area contributed by atoms with E-state index in [0.717, 1.165) is 0 Å². The third-order valence-corrected chi connectivity index (χ3v) is 3.35. The molecule has 0 aromatic carbocycles. The average molecular weight is 313 g/mol. The maximum absolute atomic E-state index is 11.9. The van der Waals surface area contributed by atoms with E-state index in [0.29, 0.717) is 19.6 Å². The number of ether oxygens (including phenoxy) is 1. The molecule has 1 aliphatic heterocycles. The Morgan fingerprint density at radius 2 is 1.91 bits per heavy atom. The van der Waals surface area contributed by atoms with Crippen molar-refractivity contribution in [3.8, 4) is 0 Å². The normalized spacial score (nSPS) is 19.2. The number of rotatable bonds is 5. The van der Waals surface area contributed by atoms with Gasteiger partial charge in [0.05, 0.1) is 5.92 Å². The van der Waals surface area contributed by atoms with Crippen molar-refractivity contribution in [2.24, 2.45) is 17.1 Å². The first-order chi connectivity index (χ1) is 9.89. The van der Waals surface area contributed by atoms with Crippen molar-refractivity contribution in [1.82, 2.24) is 10.2 Å². The highest BCUT2D eigenvalue weighted by Gasteiger charge is 2.36. The average Bonchev–Trinajstić information content (AvgIpc) is 2.66. The van der Waals surface area contributed by atoms with Crippen LogP contribution < -0.4 is 11.1 Å². The number of amides is 3. The van der Waals surface area contributed by atoms with Gasteiger partial charge in [0.25, 0.3) is 0 Å². The summed E-state index contributed by atoms with van der Waals surface area (Å²) in [6.45, 7) is 10.4. The summed E-state index contributed by atoms with van der Waals surface area (Å²) in [5.74, 6) is -0.934. The zero-order valence-electron chi connectivity index (χ0n) is 14.1. The number of hydrogen-bond acceptors (Lipinski definition) is 4. The van der Waals surface area contributed by atoms with E-state index in [1.54, 1.807) is 25.7 Å². The third kappa shape index (κ3) is 5.91. The Morgan fingerprint density at radius 1 is 1.32 bits per heavy atom. The van der Waals surface area contributed by atoms with Gasteiger partial charge in [0, 0.05) is 26.1 Å². The van der Waals surface area contributed by atoms with Crippen molar-refractivity contribution in [3.63, 3.8) is 0 Å². The first kappa shape index (κ1) is 18.3. The van der Waals surface area contributed by atoms with E-state index < -0.39 is 23.5 Å². The molecule has 1 atom stereocenters. The van der Waals surface area contributed by atoms with E-state index >= 15 is 0 Å². The molecule has 126 valence electrons. The lowest BCUT2D eigenvalue weighted by Gasteiger charge is -2.31. The van der Waals surface area contributed by atoms with Crippen molar-refractivity contribution in [2.45, 2.75) is 46.6 Å². The fourth-order valence-electron chi connectivity index (χ4n) is 2.31. The number of carbonyl (C=O) groups is 3. The molecule has 1 unspecified atom stereocenters. The van der Waals surface area contributed by atoms with Gasteiger partial charge in [-0.25, -0.2) is 4.79 Å². The Bertz CT molecular complexity index is 454. The van der Waals surface area contributed by atoms with Gasteiger partial charge in [-0.05, 0) is 26.2 Å². The zero-order chi connectivity index (χ0) is 17.1. The second-order valence-corrected chi connectivity index (χ2v) is 7.60. The minimum atomic E-state index is -0.548. The molecule has 3 N–H and O–H groups in total. The highest BCUT2D eigenvalue weighted by atomic mass is 16.6. The Kier molecular flexibility index (Phi) is 5.43. The molecule has 1 heterocycles. The number of primary amides is 1. The summed E-state index contributed by atoms with van der Waals surface area (Å²) in [7, 11) is 0. The molecule has 0 aliphatic carbocycles. The molecule has 0 aromatic rings. The van der Waals surface area contributed by atoms with Crippen LogP contribution in [0.3, 0.4) is 0 Å². The van der Waals surface area contributed by atoms with E-state index in [1.165, 1.54) is 0 Å². The maximum Gasteiger partial charge on any atom is 0.407 e. The number of nitrogens with two attached hydrogens (primary N) is 1. The first-order valence-electron chi connectivity index (χ1n) is 7.43. The van der Waals surface area contributed by atoms with E-state index in [1.807, 2.05) is 13.8 Å². The van der Waals surface area contributed by atoms with Gasteiger partial charge in [-0.1, -0.05) is 13.8 Å². The molecule has 7 heteroatoms. The van der Waals surface area contributed by atoms with E-state index in [9.17, 15) is 14.4 Å². The second-order valence-electron chi connectivity index (χ2n) is 7.60. The summed E-state index contributed by atoms with van der Waals surface area (Å²) in [6, 6.07) is 0. The van der Waals surface area contributed by atoms with Crippen LogP contribution in [0.5, 0.6) is 0 Å². The molecule has 0 aromatic heterocycles. The van der Waals surface area contributed by atoms with Crippen molar-refractivity contribution in [1.29, 1.82) is 0 Å². The van der Waals surface area contributed by atoms with E-state index in [4.69, 9.17) is 10.5 Å². The second kappa shape index (κ2) is 6.54. The van der Waals surface area contributed by atoms with Gasteiger partial charge < -0.3 is 20.7 Å². The lowest BCUT2D eigenvalue weighted by Crippen LogP contribution is -2.44. The summed E-state index contributed by atoms with van der Waals surface area (Å²) in [4.78, 5) is 36.4. The van der Waals surface area contributed by atoms with E-state index in [2.05, 4.69) is 5.32 Å². The SMILES string of the molecule is CC(C)(CNC(=O)OC(C)(C)C)CN1CC(C(N)=O)CC1=O. The largest absolute Gasteiger partial charge is 0.444 e. The third-order valence-electron chi connectivity index (χ3n) is 3.35. The van der Waals surface area contributed by atoms with Gasteiger partial charge >= 0.3 is 6.09 Å². The molecule has 1 fully saturated rings. The number of alkyl carbamates (subject to hydrolysis) is 1. The summed E-state index contributed by atoms with van der Waals surface area (Å²) >= 11 is 0. The fraction of sp³-hybridized carbons (Fsp3) is 0.800. The highest BCUT2D eigenvalue weighted by Crippen LogP contribution is 2.23. The van der Waals surface area contributed by atoms with Gasteiger partial charge in [-0.3, -0.25) is 9.59 Å².